The van der Waals surface area contributed by atoms with Crippen molar-refractivity contribution in [3.63, 3.8) is 0 Å². The highest BCUT2D eigenvalue weighted by Gasteiger charge is 2.35. The number of para-hydroxylation sites is 1. The molecule has 0 spiro atoms. The maximum Gasteiger partial charge on any atom is 0.271 e. The second-order valence-electron chi connectivity index (χ2n) is 6.90. The van der Waals surface area contributed by atoms with E-state index in [0.29, 0.717) is 12.5 Å². The van der Waals surface area contributed by atoms with Gasteiger partial charge >= 0.3 is 0 Å². The Morgan fingerprint density at radius 2 is 1.68 bits per heavy atom. The van der Waals surface area contributed by atoms with Crippen molar-refractivity contribution in [2.75, 3.05) is 4.90 Å². The number of hydrogen-bond acceptors (Lipinski definition) is 3. The first-order valence-electron chi connectivity index (χ1n) is 9.45. The van der Waals surface area contributed by atoms with Crippen LogP contribution in [-0.4, -0.2) is 11.1 Å². The third-order valence-electron chi connectivity index (χ3n) is 4.87. The zero-order chi connectivity index (χ0) is 19.3. The van der Waals surface area contributed by atoms with E-state index in [1.54, 1.807) is 4.90 Å². The van der Waals surface area contributed by atoms with Crippen LogP contribution in [0.25, 0.3) is 0 Å². The smallest absolute Gasteiger partial charge is 0.268 e. The largest absolute Gasteiger partial charge is 0.271 e. The van der Waals surface area contributed by atoms with Gasteiger partial charge in [0.25, 0.3) is 5.91 Å². The van der Waals surface area contributed by atoms with E-state index in [-0.39, 0.29) is 11.8 Å². The highest BCUT2D eigenvalue weighted by Crippen LogP contribution is 2.37. The van der Waals surface area contributed by atoms with E-state index in [0.717, 1.165) is 21.3 Å². The Bertz CT molecular complexity index is 961. The number of amides is 1. The lowest BCUT2D eigenvalue weighted by Crippen LogP contribution is -2.29. The Hall–Kier alpha value is -2.85. The summed E-state index contributed by atoms with van der Waals surface area (Å²) in [7, 11) is 0. The summed E-state index contributed by atoms with van der Waals surface area (Å²) in [5.41, 5.74) is 1.98. The van der Waals surface area contributed by atoms with Gasteiger partial charge in [0.2, 0.25) is 0 Å². The summed E-state index contributed by atoms with van der Waals surface area (Å²) in [5, 5.41) is 0.731. The minimum atomic E-state index is -0.00170. The minimum absolute atomic E-state index is 0.00170. The second kappa shape index (κ2) is 8.44. The lowest BCUT2D eigenvalue weighted by atomic mass is 9.90. The van der Waals surface area contributed by atoms with Crippen molar-refractivity contribution < 1.29 is 4.79 Å². The van der Waals surface area contributed by atoms with Gasteiger partial charge in [0, 0.05) is 5.92 Å². The second-order valence-corrected chi connectivity index (χ2v) is 7.91. The molecule has 0 bridgehead atoms. The van der Waals surface area contributed by atoms with Gasteiger partial charge in [-0.05, 0) is 35.4 Å². The predicted molar refractivity (Wildman–Crippen MR) is 118 cm³/mol. The maximum absolute atomic E-state index is 13.2. The van der Waals surface area contributed by atoms with Gasteiger partial charge in [-0.3, -0.25) is 14.7 Å². The predicted octanol–water partition coefficient (Wildman–Crippen LogP) is 5.58. The molecule has 1 aliphatic carbocycles. The van der Waals surface area contributed by atoms with Crippen molar-refractivity contribution in [1.82, 2.24) is 0 Å². The third-order valence-corrected chi connectivity index (χ3v) is 5.90. The fourth-order valence-electron chi connectivity index (χ4n) is 3.26. The Balaban J connectivity index is 1.66. The number of aliphatic imine (C=N–C) groups is 1. The molecule has 3 nitrogen and oxygen atoms in total. The standard InChI is InChI=1S/C24H22N2OS/c1-18-10-8-9-13-20(18)16-22-23(27)26(21-14-6-3-7-15-21)24(28-22)25-17-19-11-4-2-5-12-19/h2-16,18,20H,17H2,1H3/b22-16-,25-24?. The van der Waals surface area contributed by atoms with Crippen molar-refractivity contribution >= 4 is 28.5 Å². The zero-order valence-electron chi connectivity index (χ0n) is 15.7. The lowest BCUT2D eigenvalue weighted by molar-refractivity contribution is -0.113. The van der Waals surface area contributed by atoms with E-state index in [2.05, 4.69) is 43.4 Å². The maximum atomic E-state index is 13.2. The molecule has 0 aromatic heterocycles. The molecule has 4 heteroatoms. The van der Waals surface area contributed by atoms with E-state index in [9.17, 15) is 4.79 Å². The summed E-state index contributed by atoms with van der Waals surface area (Å²) in [6.45, 7) is 2.72. The number of anilines is 1. The van der Waals surface area contributed by atoms with Gasteiger partial charge in [-0.1, -0.05) is 85.8 Å². The molecule has 0 radical (unpaired) electrons. The molecule has 2 atom stereocenters. The summed E-state index contributed by atoms with van der Waals surface area (Å²) >= 11 is 1.47. The van der Waals surface area contributed by atoms with E-state index in [4.69, 9.17) is 4.99 Å². The molecule has 4 rings (SSSR count). The molecule has 2 aromatic carbocycles. The van der Waals surface area contributed by atoms with Crippen molar-refractivity contribution in [1.29, 1.82) is 0 Å². The quantitative estimate of drug-likeness (QED) is 0.642. The van der Waals surface area contributed by atoms with Crippen LogP contribution in [0.15, 0.2) is 101 Å². The normalized spacial score (nSPS) is 24.5. The van der Waals surface area contributed by atoms with Gasteiger partial charge in [0.1, 0.15) is 0 Å². The molecule has 1 saturated heterocycles. The number of nitrogens with zero attached hydrogens (tertiary/aromatic N) is 2. The van der Waals surface area contributed by atoms with Gasteiger partial charge in [-0.2, -0.15) is 0 Å². The number of hydrogen-bond donors (Lipinski definition) is 0. The SMILES string of the molecule is CC1C=CC=CC1/C=C1\SC(=NCc2ccccc2)N(c2ccccc2)C1=O. The molecule has 1 fully saturated rings. The highest BCUT2D eigenvalue weighted by molar-refractivity contribution is 8.19. The first kappa shape index (κ1) is 18.5. The van der Waals surface area contributed by atoms with Gasteiger partial charge < -0.3 is 0 Å². The number of benzene rings is 2. The number of thioether (sulfide) groups is 1. The van der Waals surface area contributed by atoms with Crippen molar-refractivity contribution in [3.05, 3.63) is 102 Å². The van der Waals surface area contributed by atoms with E-state index >= 15 is 0 Å². The topological polar surface area (TPSA) is 32.7 Å². The Kier molecular flexibility index (Phi) is 5.58. The van der Waals surface area contributed by atoms with Crippen molar-refractivity contribution in [2.45, 2.75) is 13.5 Å². The van der Waals surface area contributed by atoms with Crippen LogP contribution in [0.4, 0.5) is 5.69 Å². The van der Waals surface area contributed by atoms with Gasteiger partial charge in [-0.25, -0.2) is 0 Å². The molecule has 140 valence electrons. The van der Waals surface area contributed by atoms with Crippen molar-refractivity contribution in [2.24, 2.45) is 16.8 Å². The minimum Gasteiger partial charge on any atom is -0.268 e. The van der Waals surface area contributed by atoms with Crippen LogP contribution in [0.1, 0.15) is 12.5 Å². The van der Waals surface area contributed by atoms with Crippen LogP contribution in [-0.2, 0) is 11.3 Å². The molecule has 1 amide bonds. The average molecular weight is 387 g/mol. The molecule has 2 aliphatic rings. The fraction of sp³-hybridized carbons (Fsp3) is 0.167. The summed E-state index contributed by atoms with van der Waals surface area (Å²) in [4.78, 5) is 20.5. The van der Waals surface area contributed by atoms with Crippen LogP contribution >= 0.6 is 11.8 Å². The first-order valence-corrected chi connectivity index (χ1v) is 10.3. The molecular formula is C24H22N2OS. The van der Waals surface area contributed by atoms with Gasteiger partial charge in [0.15, 0.2) is 5.17 Å². The summed E-state index contributed by atoms with van der Waals surface area (Å²) in [6, 6.07) is 19.9. The molecule has 2 unspecified atom stereocenters. The molecule has 1 aliphatic heterocycles. The van der Waals surface area contributed by atoms with E-state index < -0.39 is 0 Å². The van der Waals surface area contributed by atoms with E-state index in [1.807, 2.05) is 54.6 Å². The molecule has 2 aromatic rings. The summed E-state index contributed by atoms with van der Waals surface area (Å²) in [5.74, 6) is 0.599. The van der Waals surface area contributed by atoms with Gasteiger partial charge in [-0.15, -0.1) is 0 Å². The number of carbonyl (C=O) groups excluding carboxylic acids is 1. The van der Waals surface area contributed by atoms with Crippen LogP contribution in [0.2, 0.25) is 0 Å². The van der Waals surface area contributed by atoms with Crippen LogP contribution in [0.5, 0.6) is 0 Å². The Morgan fingerprint density at radius 1 is 1.00 bits per heavy atom. The van der Waals surface area contributed by atoms with E-state index in [1.165, 1.54) is 11.8 Å². The number of rotatable bonds is 4. The fourth-order valence-corrected chi connectivity index (χ4v) is 4.27. The van der Waals surface area contributed by atoms with Gasteiger partial charge in [0.05, 0.1) is 17.1 Å². The lowest BCUT2D eigenvalue weighted by Gasteiger charge is -2.17. The molecule has 0 saturated carbocycles. The molecule has 1 heterocycles. The average Bonchev–Trinajstić information content (AvgIpc) is 3.05. The molecule has 28 heavy (non-hydrogen) atoms. The number of carbonyl (C=O) groups is 1. The van der Waals surface area contributed by atoms with Crippen LogP contribution in [0.3, 0.4) is 0 Å². The highest BCUT2D eigenvalue weighted by atomic mass is 32.2. The Morgan fingerprint density at radius 3 is 2.39 bits per heavy atom. The third kappa shape index (κ3) is 4.02. The van der Waals surface area contributed by atoms with Crippen LogP contribution < -0.4 is 4.90 Å². The summed E-state index contributed by atoms with van der Waals surface area (Å²) in [6.07, 6.45) is 10.5. The number of amidine groups is 1. The monoisotopic (exact) mass is 386 g/mol. The zero-order valence-corrected chi connectivity index (χ0v) is 16.5. The molecule has 0 N–H and O–H groups in total. The Labute approximate surface area is 170 Å². The number of allylic oxidation sites excluding steroid dienone is 5. The first-order chi connectivity index (χ1) is 13.7. The van der Waals surface area contributed by atoms with Crippen molar-refractivity contribution in [3.8, 4) is 0 Å². The van der Waals surface area contributed by atoms with Crippen LogP contribution in [0, 0.1) is 11.8 Å². The molecular weight excluding hydrogens is 364 g/mol. The summed E-state index contributed by atoms with van der Waals surface area (Å²) < 4.78 is 0.